The molecule has 2 aromatic rings. The summed E-state index contributed by atoms with van der Waals surface area (Å²) in [4.78, 5) is 13.7. The van der Waals surface area contributed by atoms with Gasteiger partial charge >= 0.3 is 12.1 Å². The average molecular weight is 520 g/mol. The highest BCUT2D eigenvalue weighted by Gasteiger charge is 2.48. The summed E-state index contributed by atoms with van der Waals surface area (Å²) >= 11 is 0. The van der Waals surface area contributed by atoms with Gasteiger partial charge in [0.05, 0.1) is 25.3 Å². The molecule has 2 aliphatic heterocycles. The van der Waals surface area contributed by atoms with Crippen molar-refractivity contribution in [1.29, 1.82) is 0 Å². The van der Waals surface area contributed by atoms with Gasteiger partial charge in [-0.05, 0) is 61.4 Å². The summed E-state index contributed by atoms with van der Waals surface area (Å²) < 4.78 is 51.8. The van der Waals surface area contributed by atoms with Gasteiger partial charge in [-0.25, -0.2) is 0 Å². The van der Waals surface area contributed by atoms with Crippen molar-refractivity contribution in [3.8, 4) is 11.5 Å². The largest absolute Gasteiger partial charge is 0.497 e. The number of aliphatic carboxylic acids is 1. The molecule has 7 nitrogen and oxygen atoms in total. The highest BCUT2D eigenvalue weighted by molar-refractivity contribution is 5.96. The van der Waals surface area contributed by atoms with E-state index in [0.29, 0.717) is 11.4 Å². The van der Waals surface area contributed by atoms with Gasteiger partial charge in [0, 0.05) is 37.5 Å². The second kappa shape index (κ2) is 10.5. The van der Waals surface area contributed by atoms with Crippen molar-refractivity contribution in [2.75, 3.05) is 30.1 Å². The van der Waals surface area contributed by atoms with E-state index in [9.17, 15) is 23.1 Å². The van der Waals surface area contributed by atoms with Gasteiger partial charge in [0.25, 0.3) is 0 Å². The number of piperidine rings is 1. The lowest BCUT2D eigenvalue weighted by molar-refractivity contribution is -0.137. The fourth-order valence-corrected chi connectivity index (χ4v) is 5.28. The number of aryl methyl sites for hydroxylation is 2. The molecule has 37 heavy (non-hydrogen) atoms. The maximum Gasteiger partial charge on any atom is 0.431 e. The second-order valence-electron chi connectivity index (χ2n) is 9.69. The molecule has 10 heteroatoms. The Kier molecular flexibility index (Phi) is 7.57. The molecule has 0 spiro atoms. The number of hydrazone groups is 1. The summed E-state index contributed by atoms with van der Waals surface area (Å²) in [6.45, 7) is 7.21. The van der Waals surface area contributed by atoms with Crippen LogP contribution in [0.4, 0.5) is 24.5 Å². The highest BCUT2D eigenvalue weighted by atomic mass is 19.4. The van der Waals surface area contributed by atoms with Crippen molar-refractivity contribution in [3.05, 3.63) is 47.5 Å². The number of hydrogen-bond donors (Lipinski definition) is 1. The quantitative estimate of drug-likeness (QED) is 0.515. The van der Waals surface area contributed by atoms with Crippen molar-refractivity contribution in [2.45, 2.75) is 58.4 Å². The van der Waals surface area contributed by atoms with Crippen LogP contribution < -0.4 is 19.4 Å². The number of carboxylic acids is 1. The van der Waals surface area contributed by atoms with Gasteiger partial charge < -0.3 is 19.5 Å². The number of anilines is 2. The third kappa shape index (κ3) is 5.78. The van der Waals surface area contributed by atoms with E-state index in [1.54, 1.807) is 31.4 Å². The molecule has 0 bridgehead atoms. The van der Waals surface area contributed by atoms with Crippen molar-refractivity contribution < 1.29 is 32.5 Å². The number of alkyl halides is 3. The van der Waals surface area contributed by atoms with Crippen LogP contribution in [0.3, 0.4) is 0 Å². The summed E-state index contributed by atoms with van der Waals surface area (Å²) in [5, 5.41) is 14.2. The van der Waals surface area contributed by atoms with Crippen LogP contribution >= 0.6 is 0 Å². The Morgan fingerprint density at radius 2 is 1.68 bits per heavy atom. The number of benzene rings is 2. The van der Waals surface area contributed by atoms with Gasteiger partial charge in [0.1, 0.15) is 23.3 Å². The number of hydrogen-bond acceptors (Lipinski definition) is 6. The first kappa shape index (κ1) is 26.6. The van der Waals surface area contributed by atoms with Gasteiger partial charge in [-0.15, -0.1) is 0 Å². The van der Waals surface area contributed by atoms with Crippen LogP contribution in [0.5, 0.6) is 11.5 Å². The van der Waals surface area contributed by atoms with Crippen LogP contribution in [0, 0.1) is 19.8 Å². The third-order valence-electron chi connectivity index (χ3n) is 7.07. The van der Waals surface area contributed by atoms with Gasteiger partial charge in [-0.1, -0.05) is 6.92 Å². The summed E-state index contributed by atoms with van der Waals surface area (Å²) in [6.07, 6.45) is -3.39. The highest BCUT2D eigenvalue weighted by Crippen LogP contribution is 2.37. The summed E-state index contributed by atoms with van der Waals surface area (Å²) in [7, 11) is 1.66. The molecule has 1 saturated heterocycles. The minimum atomic E-state index is -4.62. The van der Waals surface area contributed by atoms with Gasteiger partial charge in [0.2, 0.25) is 0 Å². The van der Waals surface area contributed by atoms with E-state index < -0.39 is 36.2 Å². The van der Waals surface area contributed by atoms with Crippen LogP contribution in [-0.2, 0) is 4.79 Å². The Balaban J connectivity index is 1.41. The van der Waals surface area contributed by atoms with Gasteiger partial charge in [0.15, 0.2) is 0 Å². The van der Waals surface area contributed by atoms with Crippen LogP contribution in [0.2, 0.25) is 0 Å². The SMILES string of the molecule is COc1cc(C)c(N2CCC(Oc3ccc(N4N=C(C(F)(F)F)C(C)C4CC(=O)O)cc3)CC2)c(C)c1. The van der Waals surface area contributed by atoms with E-state index in [-0.39, 0.29) is 6.10 Å². The minimum Gasteiger partial charge on any atom is -0.497 e. The molecule has 2 heterocycles. The topological polar surface area (TPSA) is 74.6 Å². The number of carbonyl (C=O) groups is 1. The van der Waals surface area contributed by atoms with E-state index in [1.165, 1.54) is 28.7 Å². The smallest absolute Gasteiger partial charge is 0.431 e. The summed E-state index contributed by atoms with van der Waals surface area (Å²) in [5.74, 6) is -0.776. The third-order valence-corrected chi connectivity index (χ3v) is 7.07. The molecule has 0 aromatic heterocycles. The number of halogens is 3. The molecule has 4 rings (SSSR count). The molecule has 0 aliphatic carbocycles. The number of methoxy groups -OCH3 is 1. The fraction of sp³-hybridized carbons (Fsp3) is 0.481. The standard InChI is InChI=1S/C27H32F3N3O4/c1-16-13-22(36-4)14-17(2)25(16)32-11-9-21(10-12-32)37-20-7-5-19(6-8-20)33-23(15-24(34)35)18(3)26(31-33)27(28,29)30/h5-8,13-14,18,21,23H,9-12,15H2,1-4H3,(H,34,35). The molecule has 0 radical (unpaired) electrons. The molecule has 0 amide bonds. The molecular formula is C27H32F3N3O4. The minimum absolute atomic E-state index is 0.0161. The molecule has 2 atom stereocenters. The lowest BCUT2D eigenvalue weighted by atomic mass is 9.94. The summed E-state index contributed by atoms with van der Waals surface area (Å²) in [5.41, 5.74) is 2.98. The Bertz CT molecular complexity index is 1140. The van der Waals surface area contributed by atoms with E-state index >= 15 is 0 Å². The van der Waals surface area contributed by atoms with Crippen LogP contribution in [0.1, 0.15) is 37.3 Å². The van der Waals surface area contributed by atoms with Crippen molar-refractivity contribution >= 4 is 23.1 Å². The molecule has 200 valence electrons. The van der Waals surface area contributed by atoms with Crippen molar-refractivity contribution in [2.24, 2.45) is 11.0 Å². The van der Waals surface area contributed by atoms with Gasteiger partial charge in [-0.2, -0.15) is 18.3 Å². The first-order chi connectivity index (χ1) is 17.5. The lowest BCUT2D eigenvalue weighted by Gasteiger charge is -2.35. The van der Waals surface area contributed by atoms with Crippen LogP contribution in [-0.4, -0.2) is 55.3 Å². The zero-order valence-corrected chi connectivity index (χ0v) is 21.4. The zero-order chi connectivity index (χ0) is 26.9. The first-order valence-electron chi connectivity index (χ1n) is 12.3. The molecule has 0 saturated carbocycles. The van der Waals surface area contributed by atoms with Crippen molar-refractivity contribution in [1.82, 2.24) is 0 Å². The fourth-order valence-electron chi connectivity index (χ4n) is 5.28. The van der Waals surface area contributed by atoms with Crippen LogP contribution in [0.25, 0.3) is 0 Å². The maximum atomic E-state index is 13.4. The predicted octanol–water partition coefficient (Wildman–Crippen LogP) is 5.58. The van der Waals surface area contributed by atoms with E-state index in [1.807, 2.05) is 12.1 Å². The number of nitrogens with zero attached hydrogens (tertiary/aromatic N) is 3. The van der Waals surface area contributed by atoms with Crippen molar-refractivity contribution in [3.63, 3.8) is 0 Å². The molecule has 2 aromatic carbocycles. The number of ether oxygens (including phenoxy) is 2. The van der Waals surface area contributed by atoms with Gasteiger partial charge in [-0.3, -0.25) is 9.80 Å². The first-order valence-corrected chi connectivity index (χ1v) is 12.3. The Labute approximate surface area is 214 Å². The molecule has 1 fully saturated rings. The summed E-state index contributed by atoms with van der Waals surface area (Å²) in [6, 6.07) is 9.80. The Hall–Kier alpha value is -3.43. The normalized spacial score (nSPS) is 20.7. The number of carboxylic acid groups (broad SMARTS) is 1. The zero-order valence-electron chi connectivity index (χ0n) is 21.4. The van der Waals surface area contributed by atoms with E-state index in [2.05, 4.69) is 23.8 Å². The lowest BCUT2D eigenvalue weighted by Crippen LogP contribution is -2.39. The molecule has 2 unspecified atom stereocenters. The molecule has 1 N–H and O–H groups in total. The molecular weight excluding hydrogens is 487 g/mol. The average Bonchev–Trinajstić information content (AvgIpc) is 3.16. The van der Waals surface area contributed by atoms with E-state index in [4.69, 9.17) is 9.47 Å². The maximum absolute atomic E-state index is 13.4. The number of rotatable bonds is 7. The second-order valence-corrected chi connectivity index (χ2v) is 9.69. The monoisotopic (exact) mass is 519 g/mol. The Morgan fingerprint density at radius 3 is 2.19 bits per heavy atom. The van der Waals surface area contributed by atoms with Crippen LogP contribution in [0.15, 0.2) is 41.5 Å². The molecule has 2 aliphatic rings. The predicted molar refractivity (Wildman–Crippen MR) is 136 cm³/mol. The Morgan fingerprint density at radius 1 is 1.08 bits per heavy atom. The van der Waals surface area contributed by atoms with E-state index in [0.717, 1.165) is 31.7 Å².